The Labute approximate surface area is 230 Å². The normalized spacial score (nSPS) is 16.1. The van der Waals surface area contributed by atoms with Crippen molar-refractivity contribution in [3.8, 4) is 0 Å². The van der Waals surface area contributed by atoms with E-state index in [-0.39, 0.29) is 51.6 Å². The highest BCUT2D eigenvalue weighted by atomic mass is 16.4. The fourth-order valence-electron chi connectivity index (χ4n) is 5.16. The molecule has 0 aromatic carbocycles. The van der Waals surface area contributed by atoms with Gasteiger partial charge in [-0.3, -0.25) is 38.7 Å². The first kappa shape index (κ1) is 34.3. The van der Waals surface area contributed by atoms with Gasteiger partial charge in [-0.25, -0.2) is 0 Å². The second kappa shape index (κ2) is 17.7. The van der Waals surface area contributed by atoms with Crippen LogP contribution in [0.15, 0.2) is 0 Å². The minimum absolute atomic E-state index is 0.0414. The van der Waals surface area contributed by atoms with Gasteiger partial charge >= 0.3 is 23.9 Å². The van der Waals surface area contributed by atoms with Crippen LogP contribution in [0, 0.1) is 0 Å². The predicted octanol–water partition coefficient (Wildman–Crippen LogP) is 0.972. The molecule has 0 unspecified atom stereocenters. The van der Waals surface area contributed by atoms with E-state index in [1.807, 2.05) is 4.90 Å². The Morgan fingerprint density at radius 2 is 1.15 bits per heavy atom. The van der Waals surface area contributed by atoms with E-state index < -0.39 is 42.5 Å². The van der Waals surface area contributed by atoms with E-state index >= 15 is 0 Å². The molecule has 224 valence electrons. The van der Waals surface area contributed by atoms with Gasteiger partial charge in [0, 0.05) is 51.2 Å². The summed E-state index contributed by atoms with van der Waals surface area (Å²) in [5.41, 5.74) is -1.15. The minimum atomic E-state index is -1.24. The lowest BCUT2D eigenvalue weighted by atomic mass is 9.88. The van der Waals surface area contributed by atoms with Crippen LogP contribution < -0.4 is 0 Å². The number of rotatable bonds is 20. The van der Waals surface area contributed by atoms with Crippen molar-refractivity contribution >= 4 is 29.8 Å². The summed E-state index contributed by atoms with van der Waals surface area (Å²) in [5, 5.41) is 38.0. The molecule has 39 heavy (non-hydrogen) atoms. The summed E-state index contributed by atoms with van der Waals surface area (Å²) in [6, 6.07) is 0. The third-order valence-electron chi connectivity index (χ3n) is 7.01. The lowest BCUT2D eigenvalue weighted by molar-refractivity contribution is -0.148. The molecule has 0 aliphatic carbocycles. The first-order valence-electron chi connectivity index (χ1n) is 13.8. The van der Waals surface area contributed by atoms with Gasteiger partial charge < -0.3 is 25.3 Å². The molecule has 1 aliphatic heterocycles. The molecule has 1 saturated heterocycles. The lowest BCUT2D eigenvalue weighted by Crippen LogP contribution is -2.62. The van der Waals surface area contributed by atoms with Crippen LogP contribution in [0.4, 0.5) is 0 Å². The molecule has 1 heterocycles. The summed E-state index contributed by atoms with van der Waals surface area (Å²) in [5.74, 6) is -4.63. The summed E-state index contributed by atoms with van der Waals surface area (Å²) in [6.45, 7) is 4.20. The summed E-state index contributed by atoms with van der Waals surface area (Å²) in [4.78, 5) is 65.9. The van der Waals surface area contributed by atoms with Crippen LogP contribution in [-0.2, 0) is 24.0 Å². The number of carbonyl (C=O) groups excluding carboxylic acids is 1. The Morgan fingerprint density at radius 3 is 1.54 bits per heavy atom. The minimum Gasteiger partial charge on any atom is -0.480 e. The van der Waals surface area contributed by atoms with E-state index in [4.69, 9.17) is 0 Å². The maximum Gasteiger partial charge on any atom is 0.317 e. The van der Waals surface area contributed by atoms with E-state index in [9.17, 15) is 44.4 Å². The molecule has 1 fully saturated rings. The smallest absolute Gasteiger partial charge is 0.317 e. The highest BCUT2D eigenvalue weighted by Gasteiger charge is 2.43. The molecule has 13 nitrogen and oxygen atoms in total. The number of hydrogen-bond donors (Lipinski definition) is 4. The van der Waals surface area contributed by atoms with Gasteiger partial charge in [0.1, 0.15) is 0 Å². The Kier molecular flexibility index (Phi) is 15.6. The van der Waals surface area contributed by atoms with Crippen LogP contribution >= 0.6 is 0 Å². The number of carboxylic acids is 4. The Bertz CT molecular complexity index is 773. The standard InChI is InChI=1S/C26H46N4O9/c1-3-5-11-29(12-6-4-2)21(31)9-7-8-10-26(30(17-24(36)37)18-25(38)39)19-27(15-22(32)33)13-14-28(20-26)16-23(34)35/h3-20H2,1-2H3,(H,32,33)(H,34,35)(H,36,37)(H,38,39). The highest BCUT2D eigenvalue weighted by Crippen LogP contribution is 2.28. The van der Waals surface area contributed by atoms with Crippen LogP contribution in [-0.4, -0.2) is 141 Å². The average Bonchev–Trinajstić information content (AvgIpc) is 2.99. The van der Waals surface area contributed by atoms with Crippen molar-refractivity contribution in [2.45, 2.75) is 70.8 Å². The molecule has 0 saturated carbocycles. The maximum atomic E-state index is 12.9. The summed E-state index contributed by atoms with van der Waals surface area (Å²) in [7, 11) is 0. The predicted molar refractivity (Wildman–Crippen MR) is 143 cm³/mol. The molecule has 0 aromatic rings. The topological polar surface area (TPSA) is 179 Å². The zero-order valence-corrected chi connectivity index (χ0v) is 23.3. The summed E-state index contributed by atoms with van der Waals surface area (Å²) < 4.78 is 0. The van der Waals surface area contributed by atoms with Crippen LogP contribution in [0.3, 0.4) is 0 Å². The van der Waals surface area contributed by atoms with E-state index in [0.29, 0.717) is 32.4 Å². The van der Waals surface area contributed by atoms with Crippen LogP contribution in [0.25, 0.3) is 0 Å². The fourth-order valence-corrected chi connectivity index (χ4v) is 5.16. The second-order valence-electron chi connectivity index (χ2n) is 10.4. The quantitative estimate of drug-likeness (QED) is 0.156. The Balaban J connectivity index is 3.21. The number of hydrogen-bond acceptors (Lipinski definition) is 8. The number of carbonyl (C=O) groups is 5. The molecule has 1 aliphatic rings. The molecule has 0 spiro atoms. The lowest BCUT2D eigenvalue weighted by Gasteiger charge is -2.45. The number of nitrogens with zero attached hydrogens (tertiary/aromatic N) is 4. The first-order valence-corrected chi connectivity index (χ1v) is 13.8. The van der Waals surface area contributed by atoms with Gasteiger partial charge in [0.2, 0.25) is 5.91 Å². The van der Waals surface area contributed by atoms with Gasteiger partial charge in [0.15, 0.2) is 0 Å². The molecule has 4 N–H and O–H groups in total. The van der Waals surface area contributed by atoms with E-state index in [2.05, 4.69) is 13.8 Å². The second-order valence-corrected chi connectivity index (χ2v) is 10.4. The zero-order valence-electron chi connectivity index (χ0n) is 23.3. The molecule has 0 aromatic heterocycles. The third-order valence-corrected chi connectivity index (χ3v) is 7.01. The van der Waals surface area contributed by atoms with E-state index in [1.165, 1.54) is 4.90 Å². The third kappa shape index (κ3) is 13.2. The molecule has 0 bridgehead atoms. The SMILES string of the molecule is CCCCN(CCCC)C(=O)CCCCC1(N(CC(=O)O)CC(=O)O)CN(CC(=O)O)CCN(CC(=O)O)C1. The van der Waals surface area contributed by atoms with E-state index in [0.717, 1.165) is 25.7 Å². The highest BCUT2D eigenvalue weighted by molar-refractivity contribution is 5.76. The number of carboxylic acid groups (broad SMARTS) is 4. The van der Waals surface area contributed by atoms with E-state index in [1.54, 1.807) is 9.80 Å². The molecular weight excluding hydrogens is 512 g/mol. The van der Waals surface area contributed by atoms with Crippen molar-refractivity contribution in [1.29, 1.82) is 0 Å². The van der Waals surface area contributed by atoms with Crippen molar-refractivity contribution in [3.05, 3.63) is 0 Å². The zero-order chi connectivity index (χ0) is 29.4. The van der Waals surface area contributed by atoms with Crippen molar-refractivity contribution in [1.82, 2.24) is 19.6 Å². The number of amides is 1. The first-order chi connectivity index (χ1) is 18.4. The van der Waals surface area contributed by atoms with Crippen molar-refractivity contribution in [2.75, 3.05) is 65.4 Å². The summed E-state index contributed by atoms with van der Waals surface area (Å²) >= 11 is 0. The largest absolute Gasteiger partial charge is 0.480 e. The van der Waals surface area contributed by atoms with Gasteiger partial charge in [-0.05, 0) is 25.7 Å². The Hall–Kier alpha value is -2.77. The average molecular weight is 559 g/mol. The maximum absolute atomic E-state index is 12.9. The molecule has 1 rings (SSSR count). The van der Waals surface area contributed by atoms with Gasteiger partial charge in [-0.2, -0.15) is 0 Å². The van der Waals surface area contributed by atoms with Crippen LogP contribution in [0.5, 0.6) is 0 Å². The monoisotopic (exact) mass is 558 g/mol. The molecule has 1 amide bonds. The fraction of sp³-hybridized carbons (Fsp3) is 0.808. The Morgan fingerprint density at radius 1 is 0.692 bits per heavy atom. The molecule has 0 radical (unpaired) electrons. The van der Waals surface area contributed by atoms with Gasteiger partial charge in [-0.1, -0.05) is 33.1 Å². The van der Waals surface area contributed by atoms with Gasteiger partial charge in [-0.15, -0.1) is 0 Å². The van der Waals surface area contributed by atoms with Crippen LogP contribution in [0.2, 0.25) is 0 Å². The molecular formula is C26H46N4O9. The molecule has 0 atom stereocenters. The number of aliphatic carboxylic acids is 4. The van der Waals surface area contributed by atoms with Crippen LogP contribution in [0.1, 0.15) is 65.2 Å². The van der Waals surface area contributed by atoms with Crippen molar-refractivity contribution < 1.29 is 44.4 Å². The number of unbranched alkanes of at least 4 members (excludes halogenated alkanes) is 3. The van der Waals surface area contributed by atoms with Gasteiger partial charge in [0.25, 0.3) is 0 Å². The van der Waals surface area contributed by atoms with Gasteiger partial charge in [0.05, 0.1) is 26.2 Å². The van der Waals surface area contributed by atoms with Crippen molar-refractivity contribution in [3.63, 3.8) is 0 Å². The molecule has 13 heteroatoms. The summed E-state index contributed by atoms with van der Waals surface area (Å²) in [6.07, 6.45) is 5.28. The van der Waals surface area contributed by atoms with Crippen molar-refractivity contribution in [2.24, 2.45) is 0 Å².